The Labute approximate surface area is 124 Å². The number of morpholine rings is 1. The zero-order chi connectivity index (χ0) is 15.2. The van der Waals surface area contributed by atoms with Crippen molar-refractivity contribution < 1.29 is 14.7 Å². The molecule has 1 aliphatic heterocycles. The zero-order valence-electron chi connectivity index (χ0n) is 12.2. The number of carbonyl (C=O) groups excluding carboxylic acids is 1. The first-order chi connectivity index (χ1) is 10.1. The second-order valence-corrected chi connectivity index (χ2v) is 5.21. The molecular weight excluding hydrogens is 270 g/mol. The molecule has 1 saturated heterocycles. The van der Waals surface area contributed by atoms with Crippen molar-refractivity contribution in [3.63, 3.8) is 0 Å². The van der Waals surface area contributed by atoms with Gasteiger partial charge < -0.3 is 20.6 Å². The van der Waals surface area contributed by atoms with Gasteiger partial charge in [0.25, 0.3) is 0 Å². The summed E-state index contributed by atoms with van der Waals surface area (Å²) in [5.41, 5.74) is 7.88. The van der Waals surface area contributed by atoms with E-state index in [0.29, 0.717) is 32.5 Å². The Morgan fingerprint density at radius 3 is 3.10 bits per heavy atom. The molecule has 1 aromatic rings. The molecule has 1 fully saturated rings. The third kappa shape index (κ3) is 4.19. The van der Waals surface area contributed by atoms with Crippen LogP contribution < -0.4 is 5.73 Å². The predicted octanol–water partition coefficient (Wildman–Crippen LogP) is 0.901. The minimum atomic E-state index is -0.522. The summed E-state index contributed by atoms with van der Waals surface area (Å²) in [6.45, 7) is 3.32. The normalized spacial score (nSPS) is 19.6. The van der Waals surface area contributed by atoms with Crippen molar-refractivity contribution in [1.82, 2.24) is 4.90 Å². The molecule has 0 aromatic heterocycles. The number of ether oxygens (including phenoxy) is 1. The summed E-state index contributed by atoms with van der Waals surface area (Å²) in [5.74, 6) is 0.0710. The molecule has 1 aromatic carbocycles. The van der Waals surface area contributed by atoms with Crippen molar-refractivity contribution in [1.29, 1.82) is 0 Å². The summed E-state index contributed by atoms with van der Waals surface area (Å²) in [6, 6.07) is 8.15. The van der Waals surface area contributed by atoms with Gasteiger partial charge in [-0.05, 0) is 18.9 Å². The molecule has 3 N–H and O–H groups in total. The zero-order valence-corrected chi connectivity index (χ0v) is 12.2. The predicted molar refractivity (Wildman–Crippen MR) is 79.2 cm³/mol. The Hall–Kier alpha value is -2.08. The second kappa shape index (κ2) is 7.08. The number of amidine groups is 1. The van der Waals surface area contributed by atoms with Crippen LogP contribution in [-0.2, 0) is 16.0 Å². The van der Waals surface area contributed by atoms with Gasteiger partial charge in [-0.25, -0.2) is 0 Å². The first-order valence-electron chi connectivity index (χ1n) is 7.02. The first-order valence-corrected chi connectivity index (χ1v) is 7.02. The Balaban J connectivity index is 1.88. The van der Waals surface area contributed by atoms with Crippen LogP contribution in [0.15, 0.2) is 29.4 Å². The number of carbonyl (C=O) groups is 1. The summed E-state index contributed by atoms with van der Waals surface area (Å²) < 4.78 is 5.38. The topological polar surface area (TPSA) is 88.2 Å². The van der Waals surface area contributed by atoms with Crippen molar-refractivity contribution in [2.75, 3.05) is 19.7 Å². The van der Waals surface area contributed by atoms with Crippen molar-refractivity contribution in [2.45, 2.75) is 25.9 Å². The van der Waals surface area contributed by atoms with E-state index < -0.39 is 6.10 Å². The van der Waals surface area contributed by atoms with Crippen molar-refractivity contribution >= 4 is 11.7 Å². The van der Waals surface area contributed by atoms with Crippen LogP contribution in [0.25, 0.3) is 0 Å². The number of rotatable bonds is 4. The van der Waals surface area contributed by atoms with Gasteiger partial charge in [0.2, 0.25) is 5.91 Å². The molecule has 0 aliphatic carbocycles. The van der Waals surface area contributed by atoms with E-state index in [4.69, 9.17) is 15.7 Å². The fourth-order valence-electron chi connectivity index (χ4n) is 2.40. The Kier molecular flexibility index (Phi) is 5.16. The van der Waals surface area contributed by atoms with Crippen LogP contribution in [0.4, 0.5) is 0 Å². The Bertz CT molecular complexity index is 531. The van der Waals surface area contributed by atoms with E-state index in [1.54, 1.807) is 4.90 Å². The molecule has 114 valence electrons. The molecule has 1 unspecified atom stereocenters. The fraction of sp³-hybridized carbons (Fsp3) is 0.467. The van der Waals surface area contributed by atoms with Crippen molar-refractivity contribution in [3.05, 3.63) is 35.4 Å². The average Bonchev–Trinajstić information content (AvgIpc) is 2.52. The number of hydrogen-bond donors (Lipinski definition) is 2. The van der Waals surface area contributed by atoms with E-state index >= 15 is 0 Å². The number of nitrogens with zero attached hydrogens (tertiary/aromatic N) is 2. The molecule has 0 spiro atoms. The summed E-state index contributed by atoms with van der Waals surface area (Å²) in [5, 5.41) is 11.6. The molecule has 2 rings (SSSR count). The van der Waals surface area contributed by atoms with Crippen molar-refractivity contribution in [2.24, 2.45) is 10.9 Å². The van der Waals surface area contributed by atoms with E-state index in [9.17, 15) is 4.79 Å². The van der Waals surface area contributed by atoms with Crippen LogP contribution in [0.1, 0.15) is 17.5 Å². The highest BCUT2D eigenvalue weighted by molar-refractivity contribution is 5.85. The van der Waals surface area contributed by atoms with Crippen molar-refractivity contribution in [3.8, 4) is 0 Å². The first kappa shape index (κ1) is 15.3. The summed E-state index contributed by atoms with van der Waals surface area (Å²) >= 11 is 0. The van der Waals surface area contributed by atoms with Gasteiger partial charge in [0.05, 0.1) is 13.2 Å². The summed E-state index contributed by atoms with van der Waals surface area (Å²) in [6.07, 6.45) is 0.644. The second-order valence-electron chi connectivity index (χ2n) is 5.21. The molecule has 1 atom stereocenters. The highest BCUT2D eigenvalue weighted by atomic mass is 16.5. The number of nitrogens with two attached hydrogens (primary N) is 1. The highest BCUT2D eigenvalue weighted by Gasteiger charge is 2.26. The molecule has 0 saturated carbocycles. The number of benzene rings is 1. The quantitative estimate of drug-likeness (QED) is 0.373. The number of amides is 1. The minimum Gasteiger partial charge on any atom is -0.409 e. The van der Waals surface area contributed by atoms with Gasteiger partial charge in [-0.3, -0.25) is 4.79 Å². The van der Waals surface area contributed by atoms with Crippen LogP contribution >= 0.6 is 0 Å². The van der Waals surface area contributed by atoms with E-state index in [1.807, 2.05) is 25.1 Å². The average molecular weight is 291 g/mol. The van der Waals surface area contributed by atoms with Crippen LogP contribution in [0.5, 0.6) is 0 Å². The molecular formula is C15H21N3O3. The molecule has 1 aliphatic rings. The smallest absolute Gasteiger partial charge is 0.223 e. The maximum absolute atomic E-state index is 12.2. The van der Waals surface area contributed by atoms with E-state index in [-0.39, 0.29) is 11.7 Å². The molecule has 21 heavy (non-hydrogen) atoms. The van der Waals surface area contributed by atoms with Gasteiger partial charge in [-0.1, -0.05) is 35.0 Å². The van der Waals surface area contributed by atoms with Crippen LogP contribution in [0.3, 0.4) is 0 Å². The lowest BCUT2D eigenvalue weighted by Crippen LogP contribution is -2.50. The third-order valence-corrected chi connectivity index (χ3v) is 3.57. The largest absolute Gasteiger partial charge is 0.409 e. The fourth-order valence-corrected chi connectivity index (χ4v) is 2.40. The number of hydrogen-bond acceptors (Lipinski definition) is 4. The maximum atomic E-state index is 12.2. The third-order valence-electron chi connectivity index (χ3n) is 3.57. The standard InChI is InChI=1S/C15H21N3O3/c1-11-3-2-4-12(9-11)5-6-14(19)18-7-8-21-13(10-18)15(16)17-20/h2-4,9,13,20H,5-8,10H2,1H3,(H2,16,17). The van der Waals surface area contributed by atoms with Gasteiger partial charge in [0.15, 0.2) is 5.84 Å². The lowest BCUT2D eigenvalue weighted by Gasteiger charge is -2.32. The summed E-state index contributed by atoms with van der Waals surface area (Å²) in [4.78, 5) is 14.0. The minimum absolute atomic E-state index is 0.00573. The summed E-state index contributed by atoms with van der Waals surface area (Å²) in [7, 11) is 0. The van der Waals surface area contributed by atoms with Gasteiger partial charge in [-0.15, -0.1) is 0 Å². The van der Waals surface area contributed by atoms with E-state index in [1.165, 1.54) is 5.56 Å². The molecule has 1 amide bonds. The van der Waals surface area contributed by atoms with E-state index in [0.717, 1.165) is 5.56 Å². The van der Waals surface area contributed by atoms with Crippen LogP contribution in [0, 0.1) is 6.92 Å². The Morgan fingerprint density at radius 2 is 2.38 bits per heavy atom. The lowest BCUT2D eigenvalue weighted by molar-refractivity contribution is -0.136. The lowest BCUT2D eigenvalue weighted by atomic mass is 10.1. The molecule has 0 bridgehead atoms. The molecule has 6 nitrogen and oxygen atoms in total. The molecule has 0 radical (unpaired) electrons. The van der Waals surface area contributed by atoms with E-state index in [2.05, 4.69) is 11.2 Å². The van der Waals surface area contributed by atoms with Gasteiger partial charge in [-0.2, -0.15) is 0 Å². The van der Waals surface area contributed by atoms with Gasteiger partial charge >= 0.3 is 0 Å². The monoisotopic (exact) mass is 291 g/mol. The maximum Gasteiger partial charge on any atom is 0.223 e. The SMILES string of the molecule is Cc1cccc(CCC(=O)N2CCOC(C(N)=NO)C2)c1. The highest BCUT2D eigenvalue weighted by Crippen LogP contribution is 2.11. The van der Waals surface area contributed by atoms with Crippen LogP contribution in [-0.4, -0.2) is 47.7 Å². The molecule has 6 heteroatoms. The molecule has 1 heterocycles. The number of oxime groups is 1. The van der Waals surface area contributed by atoms with Crippen LogP contribution in [0.2, 0.25) is 0 Å². The van der Waals surface area contributed by atoms with Gasteiger partial charge in [0, 0.05) is 13.0 Å². The Morgan fingerprint density at radius 1 is 1.57 bits per heavy atom. The van der Waals surface area contributed by atoms with Gasteiger partial charge in [0.1, 0.15) is 6.10 Å². The number of aryl methyl sites for hydroxylation is 2.